The number of piperazine rings is 1. The minimum Gasteiger partial charge on any atom is -0.497 e. The second kappa shape index (κ2) is 9.38. The molecule has 0 aliphatic carbocycles. The number of ether oxygens (including phenoxy) is 2. The van der Waals surface area contributed by atoms with Gasteiger partial charge in [-0.15, -0.1) is 0 Å². The molecule has 2 N–H and O–H groups in total. The summed E-state index contributed by atoms with van der Waals surface area (Å²) in [5.41, 5.74) is 0.509. The van der Waals surface area contributed by atoms with Crippen LogP contribution in [0.5, 0.6) is 17.4 Å². The predicted octanol–water partition coefficient (Wildman–Crippen LogP) is 2.41. The summed E-state index contributed by atoms with van der Waals surface area (Å²) in [6, 6.07) is 10.6. The van der Waals surface area contributed by atoms with E-state index < -0.39 is 0 Å². The Labute approximate surface area is 164 Å². The number of anilines is 1. The van der Waals surface area contributed by atoms with E-state index >= 15 is 0 Å². The molecule has 1 aromatic heterocycles. The predicted molar refractivity (Wildman–Crippen MR) is 106 cm³/mol. The van der Waals surface area contributed by atoms with Gasteiger partial charge in [0, 0.05) is 38.4 Å². The third-order valence-electron chi connectivity index (χ3n) is 4.78. The highest BCUT2D eigenvalue weighted by molar-refractivity contribution is 5.90. The minimum absolute atomic E-state index is 0.105. The van der Waals surface area contributed by atoms with Gasteiger partial charge in [-0.3, -0.25) is 4.90 Å². The molecule has 2 aromatic rings. The number of carbonyl (C=O) groups is 1. The Kier molecular flexibility index (Phi) is 6.67. The monoisotopic (exact) mass is 386 g/mol. The van der Waals surface area contributed by atoms with Gasteiger partial charge >= 0.3 is 6.03 Å². The molecule has 0 saturated carbocycles. The number of aromatic nitrogens is 1. The van der Waals surface area contributed by atoms with E-state index in [2.05, 4.69) is 15.2 Å². The lowest BCUT2D eigenvalue weighted by Crippen LogP contribution is -2.53. The number of methoxy groups -OCH3 is 1. The number of aliphatic hydroxyl groups excluding tert-OH is 1. The molecular weight excluding hydrogens is 360 g/mol. The van der Waals surface area contributed by atoms with Crippen molar-refractivity contribution in [2.24, 2.45) is 0 Å². The molecule has 2 heterocycles. The number of urea groups is 1. The first-order chi connectivity index (χ1) is 13.6. The SMILES string of the molecule is COc1ccc(Oc2ncccc2NC(=O)N2CCN([C@H](C)CO)CC2)cc1. The van der Waals surface area contributed by atoms with E-state index in [1.165, 1.54) is 0 Å². The van der Waals surface area contributed by atoms with Crippen molar-refractivity contribution in [1.82, 2.24) is 14.8 Å². The van der Waals surface area contributed by atoms with E-state index in [9.17, 15) is 9.90 Å². The fourth-order valence-corrected chi connectivity index (χ4v) is 3.00. The summed E-state index contributed by atoms with van der Waals surface area (Å²) in [7, 11) is 1.60. The van der Waals surface area contributed by atoms with Crippen LogP contribution in [-0.4, -0.2) is 71.9 Å². The number of pyridine rings is 1. The molecule has 0 spiro atoms. The Morgan fingerprint density at radius 1 is 1.18 bits per heavy atom. The van der Waals surface area contributed by atoms with Gasteiger partial charge in [-0.1, -0.05) is 0 Å². The number of rotatable bonds is 6. The van der Waals surface area contributed by atoms with Crippen LogP contribution in [0.25, 0.3) is 0 Å². The standard InChI is InChI=1S/C20H26N4O4/c1-15(14-25)23-10-12-24(13-11-23)20(26)22-18-4-3-9-21-19(18)28-17-7-5-16(27-2)6-8-17/h3-9,15,25H,10-14H2,1-2H3,(H,22,26)/t15-/m1/s1. The number of hydrogen-bond acceptors (Lipinski definition) is 6. The summed E-state index contributed by atoms with van der Waals surface area (Å²) in [5, 5.41) is 12.2. The van der Waals surface area contributed by atoms with Crippen molar-refractivity contribution in [3.8, 4) is 17.4 Å². The first-order valence-electron chi connectivity index (χ1n) is 9.28. The van der Waals surface area contributed by atoms with E-state index in [1.807, 2.05) is 6.92 Å². The van der Waals surface area contributed by atoms with E-state index in [4.69, 9.17) is 9.47 Å². The van der Waals surface area contributed by atoms with Gasteiger partial charge in [0.05, 0.1) is 13.7 Å². The van der Waals surface area contributed by atoms with Gasteiger partial charge in [0.1, 0.15) is 17.2 Å². The summed E-state index contributed by atoms with van der Waals surface area (Å²) < 4.78 is 11.0. The van der Waals surface area contributed by atoms with Crippen LogP contribution in [0.1, 0.15) is 6.92 Å². The zero-order valence-electron chi connectivity index (χ0n) is 16.2. The molecule has 3 rings (SSSR count). The Hall–Kier alpha value is -2.84. The number of nitrogens with zero attached hydrogens (tertiary/aromatic N) is 3. The Balaban J connectivity index is 1.62. The quantitative estimate of drug-likeness (QED) is 0.793. The topological polar surface area (TPSA) is 87.2 Å². The van der Waals surface area contributed by atoms with Gasteiger partial charge in [0.25, 0.3) is 0 Å². The van der Waals surface area contributed by atoms with Crippen molar-refractivity contribution in [2.45, 2.75) is 13.0 Å². The molecule has 0 bridgehead atoms. The maximum atomic E-state index is 12.6. The van der Waals surface area contributed by atoms with Crippen molar-refractivity contribution >= 4 is 11.7 Å². The van der Waals surface area contributed by atoms with Gasteiger partial charge in [0.15, 0.2) is 0 Å². The van der Waals surface area contributed by atoms with Gasteiger partial charge in [-0.2, -0.15) is 0 Å². The van der Waals surface area contributed by atoms with Gasteiger partial charge in [-0.25, -0.2) is 9.78 Å². The maximum absolute atomic E-state index is 12.6. The second-order valence-electron chi connectivity index (χ2n) is 6.62. The molecule has 1 aliphatic heterocycles. The van der Waals surface area contributed by atoms with Gasteiger partial charge < -0.3 is 24.8 Å². The molecule has 1 aliphatic rings. The molecule has 1 aromatic carbocycles. The summed E-state index contributed by atoms with van der Waals surface area (Å²) in [4.78, 5) is 20.8. The fourth-order valence-electron chi connectivity index (χ4n) is 3.00. The van der Waals surface area contributed by atoms with Crippen LogP contribution in [0.2, 0.25) is 0 Å². The number of aliphatic hydroxyl groups is 1. The summed E-state index contributed by atoms with van der Waals surface area (Å²) in [6.07, 6.45) is 1.61. The minimum atomic E-state index is -0.191. The first-order valence-corrected chi connectivity index (χ1v) is 9.28. The number of hydrogen-bond donors (Lipinski definition) is 2. The van der Waals surface area contributed by atoms with Crippen molar-refractivity contribution in [3.63, 3.8) is 0 Å². The van der Waals surface area contributed by atoms with Gasteiger partial charge in [-0.05, 0) is 43.3 Å². The summed E-state index contributed by atoms with van der Waals surface area (Å²) in [6.45, 7) is 4.77. The second-order valence-corrected chi connectivity index (χ2v) is 6.62. The zero-order valence-corrected chi connectivity index (χ0v) is 16.2. The average Bonchev–Trinajstić information content (AvgIpc) is 2.75. The van der Waals surface area contributed by atoms with Crippen molar-refractivity contribution in [1.29, 1.82) is 0 Å². The van der Waals surface area contributed by atoms with Gasteiger partial charge in [0.2, 0.25) is 5.88 Å². The molecule has 0 unspecified atom stereocenters. The fraction of sp³-hybridized carbons (Fsp3) is 0.400. The van der Waals surface area contributed by atoms with Crippen LogP contribution in [0.4, 0.5) is 10.5 Å². The summed E-state index contributed by atoms with van der Waals surface area (Å²) in [5.74, 6) is 1.66. The molecular formula is C20H26N4O4. The summed E-state index contributed by atoms with van der Waals surface area (Å²) >= 11 is 0. The molecule has 1 fully saturated rings. The van der Waals surface area contributed by atoms with Crippen LogP contribution in [0.15, 0.2) is 42.6 Å². The number of nitrogens with one attached hydrogen (secondary N) is 1. The zero-order chi connectivity index (χ0) is 19.9. The smallest absolute Gasteiger partial charge is 0.322 e. The van der Waals surface area contributed by atoms with E-state index in [0.717, 1.165) is 18.8 Å². The third kappa shape index (κ3) is 4.90. The van der Waals surface area contributed by atoms with E-state index in [-0.39, 0.29) is 18.7 Å². The highest BCUT2D eigenvalue weighted by atomic mass is 16.5. The molecule has 150 valence electrons. The maximum Gasteiger partial charge on any atom is 0.322 e. The number of amides is 2. The van der Waals surface area contributed by atoms with Crippen molar-refractivity contribution < 1.29 is 19.4 Å². The molecule has 1 saturated heterocycles. The molecule has 8 heteroatoms. The first kappa shape index (κ1) is 19.9. The van der Waals surface area contributed by atoms with Crippen LogP contribution >= 0.6 is 0 Å². The molecule has 0 radical (unpaired) electrons. The van der Waals surface area contributed by atoms with Crippen LogP contribution in [0.3, 0.4) is 0 Å². The molecule has 28 heavy (non-hydrogen) atoms. The lowest BCUT2D eigenvalue weighted by molar-refractivity contribution is 0.0870. The van der Waals surface area contributed by atoms with Crippen LogP contribution in [0, 0.1) is 0 Å². The highest BCUT2D eigenvalue weighted by Gasteiger charge is 2.24. The van der Waals surface area contributed by atoms with Crippen LogP contribution < -0.4 is 14.8 Å². The molecule has 2 amide bonds. The number of benzene rings is 1. The Morgan fingerprint density at radius 2 is 1.86 bits per heavy atom. The normalized spacial score (nSPS) is 15.8. The Bertz CT molecular complexity index is 776. The highest BCUT2D eigenvalue weighted by Crippen LogP contribution is 2.28. The Morgan fingerprint density at radius 3 is 2.50 bits per heavy atom. The third-order valence-corrected chi connectivity index (χ3v) is 4.78. The lowest BCUT2D eigenvalue weighted by Gasteiger charge is -2.37. The lowest BCUT2D eigenvalue weighted by atomic mass is 10.2. The molecule has 8 nitrogen and oxygen atoms in total. The van der Waals surface area contributed by atoms with E-state index in [1.54, 1.807) is 54.6 Å². The molecule has 1 atom stereocenters. The number of carbonyl (C=O) groups excluding carboxylic acids is 1. The van der Waals surface area contributed by atoms with Crippen molar-refractivity contribution in [3.05, 3.63) is 42.6 Å². The largest absolute Gasteiger partial charge is 0.497 e. The van der Waals surface area contributed by atoms with Crippen LogP contribution in [-0.2, 0) is 0 Å². The van der Waals surface area contributed by atoms with E-state index in [0.29, 0.717) is 30.4 Å². The average molecular weight is 386 g/mol. The van der Waals surface area contributed by atoms with Crippen molar-refractivity contribution in [2.75, 3.05) is 45.2 Å².